The molecule has 0 aliphatic heterocycles. The van der Waals surface area contributed by atoms with Crippen LogP contribution in [0.5, 0.6) is 11.5 Å². The van der Waals surface area contributed by atoms with E-state index in [-0.39, 0.29) is 33.6 Å². The molecule has 0 N–H and O–H groups in total. The third-order valence-electron chi connectivity index (χ3n) is 8.48. The predicted octanol–water partition coefficient (Wildman–Crippen LogP) is 10.9. The standard InChI is InChI=1S/C43H52O4/c1-40(2,3)32-22-30(23-33(26-32)41(4,5)6)38(44)46-36-17-13-28(14-18-36)21-29-15-19-37(20-16-29)47-39(45)31-24-34(42(7,8)9)27-35(25-31)43(10,11)12/h13-20,22-27H,21H2,1-12H3. The van der Waals surface area contributed by atoms with Crippen molar-refractivity contribution in [3.8, 4) is 11.5 Å². The molecule has 4 nitrogen and oxygen atoms in total. The molecule has 0 aromatic heterocycles. The third kappa shape index (κ3) is 9.44. The van der Waals surface area contributed by atoms with E-state index in [0.29, 0.717) is 29.0 Å². The number of carbonyl (C=O) groups excluding carboxylic acids is 2. The van der Waals surface area contributed by atoms with Crippen LogP contribution < -0.4 is 9.47 Å². The molecule has 0 spiro atoms. The van der Waals surface area contributed by atoms with E-state index >= 15 is 0 Å². The average Bonchev–Trinajstić information content (AvgIpc) is 2.97. The minimum absolute atomic E-state index is 0.0913. The van der Waals surface area contributed by atoms with Gasteiger partial charge in [-0.25, -0.2) is 9.59 Å². The monoisotopic (exact) mass is 632 g/mol. The fraction of sp³-hybridized carbons (Fsp3) is 0.395. The Balaban J connectivity index is 1.42. The van der Waals surface area contributed by atoms with Gasteiger partial charge in [0.15, 0.2) is 0 Å². The first kappa shape index (κ1) is 35.7. The molecule has 47 heavy (non-hydrogen) atoms. The van der Waals surface area contributed by atoms with Crippen molar-refractivity contribution in [3.63, 3.8) is 0 Å². The predicted molar refractivity (Wildman–Crippen MR) is 193 cm³/mol. The molecule has 0 aliphatic carbocycles. The van der Waals surface area contributed by atoms with Gasteiger partial charge in [0, 0.05) is 0 Å². The summed E-state index contributed by atoms with van der Waals surface area (Å²) < 4.78 is 11.6. The summed E-state index contributed by atoms with van der Waals surface area (Å²) in [6, 6.07) is 27.4. The van der Waals surface area contributed by atoms with Gasteiger partial charge in [0.2, 0.25) is 0 Å². The van der Waals surface area contributed by atoms with Crippen LogP contribution in [-0.4, -0.2) is 11.9 Å². The fourth-order valence-corrected chi connectivity index (χ4v) is 5.14. The van der Waals surface area contributed by atoms with Crippen LogP contribution in [0.4, 0.5) is 0 Å². The molecule has 4 heteroatoms. The summed E-state index contributed by atoms with van der Waals surface area (Å²) in [5, 5.41) is 0. The van der Waals surface area contributed by atoms with E-state index in [0.717, 1.165) is 33.4 Å². The second-order valence-corrected chi connectivity index (χ2v) is 16.8. The lowest BCUT2D eigenvalue weighted by Crippen LogP contribution is -2.19. The minimum Gasteiger partial charge on any atom is -0.423 e. The molecule has 0 saturated carbocycles. The highest BCUT2D eigenvalue weighted by Crippen LogP contribution is 2.32. The maximum absolute atomic E-state index is 13.2. The molecule has 0 fully saturated rings. The van der Waals surface area contributed by atoms with Crippen molar-refractivity contribution in [2.75, 3.05) is 0 Å². The summed E-state index contributed by atoms with van der Waals surface area (Å²) in [7, 11) is 0. The SMILES string of the molecule is CC(C)(C)c1cc(C(=O)Oc2ccc(Cc3ccc(OC(=O)c4cc(C(C)(C)C)cc(C(C)(C)C)c4)cc3)cc2)cc(C(C)(C)C)c1. The van der Waals surface area contributed by atoms with E-state index in [1.807, 2.05) is 72.8 Å². The van der Waals surface area contributed by atoms with E-state index in [1.54, 1.807) is 0 Å². The first-order valence-corrected chi connectivity index (χ1v) is 16.5. The lowest BCUT2D eigenvalue weighted by atomic mass is 9.79. The van der Waals surface area contributed by atoms with E-state index < -0.39 is 0 Å². The number of benzene rings is 4. The molecular formula is C43H52O4. The number of carbonyl (C=O) groups is 2. The summed E-state index contributed by atoms with van der Waals surface area (Å²) in [6.45, 7) is 25.8. The Kier molecular flexibility index (Phi) is 9.97. The molecule has 0 atom stereocenters. The number of esters is 2. The Labute approximate surface area is 282 Å². The summed E-state index contributed by atoms with van der Waals surface area (Å²) in [6.07, 6.45) is 0.688. The molecule has 4 aromatic rings. The molecule has 0 radical (unpaired) electrons. The molecule has 248 valence electrons. The quantitative estimate of drug-likeness (QED) is 0.157. The zero-order valence-electron chi connectivity index (χ0n) is 30.4. The Bertz CT molecular complexity index is 1540. The van der Waals surface area contributed by atoms with Crippen molar-refractivity contribution in [1.82, 2.24) is 0 Å². The first-order valence-electron chi connectivity index (χ1n) is 16.5. The van der Waals surface area contributed by atoms with Crippen LogP contribution >= 0.6 is 0 Å². The van der Waals surface area contributed by atoms with E-state index in [2.05, 4.69) is 95.2 Å². The molecule has 0 amide bonds. The van der Waals surface area contributed by atoms with Gasteiger partial charge in [0.1, 0.15) is 11.5 Å². The summed E-state index contributed by atoms with van der Waals surface area (Å²) in [5.74, 6) is 0.285. The molecule has 0 aliphatic rings. The van der Waals surface area contributed by atoms with Crippen molar-refractivity contribution in [3.05, 3.63) is 129 Å². The molecule has 4 rings (SSSR count). The Morgan fingerprint density at radius 1 is 0.426 bits per heavy atom. The van der Waals surface area contributed by atoms with E-state index in [4.69, 9.17) is 9.47 Å². The first-order chi connectivity index (χ1) is 21.6. The largest absolute Gasteiger partial charge is 0.423 e. The van der Waals surface area contributed by atoms with E-state index in [9.17, 15) is 9.59 Å². The molecule has 4 aromatic carbocycles. The van der Waals surface area contributed by atoms with Gasteiger partial charge in [0.05, 0.1) is 11.1 Å². The van der Waals surface area contributed by atoms with Crippen molar-refractivity contribution < 1.29 is 19.1 Å². The Morgan fingerprint density at radius 3 is 0.915 bits per heavy atom. The van der Waals surface area contributed by atoms with Gasteiger partial charge < -0.3 is 9.47 Å². The number of hydrogen-bond donors (Lipinski definition) is 0. The van der Waals surface area contributed by atoms with Crippen LogP contribution in [0.25, 0.3) is 0 Å². The highest BCUT2D eigenvalue weighted by molar-refractivity contribution is 5.92. The lowest BCUT2D eigenvalue weighted by molar-refractivity contribution is 0.0724. The highest BCUT2D eigenvalue weighted by atomic mass is 16.5. The minimum atomic E-state index is -0.362. The maximum Gasteiger partial charge on any atom is 0.343 e. The molecule has 0 bridgehead atoms. The lowest BCUT2D eigenvalue weighted by Gasteiger charge is -2.25. The third-order valence-corrected chi connectivity index (χ3v) is 8.48. The summed E-state index contributed by atoms with van der Waals surface area (Å²) in [4.78, 5) is 26.4. The molecular weight excluding hydrogens is 580 g/mol. The topological polar surface area (TPSA) is 52.6 Å². The molecule has 0 saturated heterocycles. The van der Waals surface area contributed by atoms with Gasteiger partial charge in [0.25, 0.3) is 0 Å². The van der Waals surface area contributed by atoms with Crippen molar-refractivity contribution in [1.29, 1.82) is 0 Å². The van der Waals surface area contributed by atoms with Crippen molar-refractivity contribution in [2.45, 2.75) is 111 Å². The van der Waals surface area contributed by atoms with Crippen LogP contribution in [0.2, 0.25) is 0 Å². The average molecular weight is 633 g/mol. The zero-order chi connectivity index (χ0) is 34.9. The number of ether oxygens (including phenoxy) is 2. The Morgan fingerprint density at radius 2 is 0.681 bits per heavy atom. The van der Waals surface area contributed by atoms with Gasteiger partial charge in [-0.05, 0) is 110 Å². The van der Waals surface area contributed by atoms with Crippen LogP contribution in [0.3, 0.4) is 0 Å². The fourth-order valence-electron chi connectivity index (χ4n) is 5.14. The van der Waals surface area contributed by atoms with Crippen molar-refractivity contribution in [2.24, 2.45) is 0 Å². The number of rotatable bonds is 6. The van der Waals surface area contributed by atoms with Gasteiger partial charge >= 0.3 is 11.9 Å². The van der Waals surface area contributed by atoms with Gasteiger partial charge in [-0.1, -0.05) is 119 Å². The Hall–Kier alpha value is -4.18. The van der Waals surface area contributed by atoms with Crippen LogP contribution in [-0.2, 0) is 28.1 Å². The number of hydrogen-bond acceptors (Lipinski definition) is 4. The van der Waals surface area contributed by atoms with E-state index in [1.165, 1.54) is 0 Å². The maximum atomic E-state index is 13.2. The van der Waals surface area contributed by atoms with Crippen LogP contribution in [0.1, 0.15) is 137 Å². The summed E-state index contributed by atoms with van der Waals surface area (Å²) in [5.41, 5.74) is 7.34. The second kappa shape index (κ2) is 13.1. The van der Waals surface area contributed by atoms with Gasteiger partial charge in [-0.2, -0.15) is 0 Å². The van der Waals surface area contributed by atoms with Crippen LogP contribution in [0, 0.1) is 0 Å². The van der Waals surface area contributed by atoms with Crippen LogP contribution in [0.15, 0.2) is 84.9 Å². The molecule has 0 unspecified atom stereocenters. The zero-order valence-corrected chi connectivity index (χ0v) is 30.4. The summed E-state index contributed by atoms with van der Waals surface area (Å²) >= 11 is 0. The smallest absolute Gasteiger partial charge is 0.343 e. The second-order valence-electron chi connectivity index (χ2n) is 16.8. The van der Waals surface area contributed by atoms with Crippen molar-refractivity contribution >= 4 is 11.9 Å². The van der Waals surface area contributed by atoms with Gasteiger partial charge in [-0.3, -0.25) is 0 Å². The van der Waals surface area contributed by atoms with Gasteiger partial charge in [-0.15, -0.1) is 0 Å². The normalized spacial score (nSPS) is 12.5. The molecule has 0 heterocycles. The highest BCUT2D eigenvalue weighted by Gasteiger charge is 2.24.